The predicted molar refractivity (Wildman–Crippen MR) is 125 cm³/mol. The lowest BCUT2D eigenvalue weighted by Crippen LogP contribution is -2.40. The van der Waals surface area contributed by atoms with Gasteiger partial charge in [-0.2, -0.15) is 4.98 Å². The number of rotatable bonds is 4. The Labute approximate surface area is 188 Å². The quantitative estimate of drug-likeness (QED) is 0.489. The molecule has 1 aromatic carbocycles. The Morgan fingerprint density at radius 3 is 2.62 bits per heavy atom. The highest BCUT2D eigenvalue weighted by atomic mass is 35.5. The minimum absolute atomic E-state index is 0.0855. The summed E-state index contributed by atoms with van der Waals surface area (Å²) in [4.78, 5) is 31.0. The van der Waals surface area contributed by atoms with E-state index in [9.17, 15) is 14.7 Å². The molecule has 0 unspecified atom stereocenters. The lowest BCUT2D eigenvalue weighted by atomic mass is 10.2. The fraction of sp³-hybridized carbons (Fsp3) is 0.409. The lowest BCUT2D eigenvalue weighted by Gasteiger charge is -2.12. The highest BCUT2D eigenvalue weighted by molar-refractivity contribution is 6.31. The third-order valence-corrected chi connectivity index (χ3v) is 6.76. The van der Waals surface area contributed by atoms with E-state index in [-0.39, 0.29) is 24.2 Å². The van der Waals surface area contributed by atoms with Gasteiger partial charge in [-0.15, -0.1) is 0 Å². The van der Waals surface area contributed by atoms with E-state index >= 15 is 0 Å². The van der Waals surface area contributed by atoms with Crippen molar-refractivity contribution in [3.05, 3.63) is 55.8 Å². The van der Waals surface area contributed by atoms with Crippen molar-refractivity contribution < 1.29 is 5.11 Å². The molecule has 32 heavy (non-hydrogen) atoms. The van der Waals surface area contributed by atoms with E-state index in [2.05, 4.69) is 10.3 Å². The first-order valence-corrected chi connectivity index (χ1v) is 11.0. The van der Waals surface area contributed by atoms with Gasteiger partial charge in [-0.3, -0.25) is 13.9 Å². The van der Waals surface area contributed by atoms with E-state index in [1.165, 1.54) is 9.13 Å². The first kappa shape index (κ1) is 20.8. The molecule has 0 aliphatic heterocycles. The van der Waals surface area contributed by atoms with Crippen molar-refractivity contribution in [2.45, 2.75) is 38.0 Å². The second-order valence-electron chi connectivity index (χ2n) is 8.61. The van der Waals surface area contributed by atoms with Crippen LogP contribution < -0.4 is 16.6 Å². The Morgan fingerprint density at radius 1 is 1.12 bits per heavy atom. The van der Waals surface area contributed by atoms with E-state index in [0.29, 0.717) is 28.6 Å². The number of hydrogen-bond donors (Lipinski definition) is 2. The smallest absolute Gasteiger partial charge is 0.332 e. The maximum atomic E-state index is 13.4. The zero-order chi connectivity index (χ0) is 22.7. The molecule has 0 amide bonds. The summed E-state index contributed by atoms with van der Waals surface area (Å²) < 4.78 is 6.30. The second-order valence-corrected chi connectivity index (χ2v) is 9.04. The summed E-state index contributed by atoms with van der Waals surface area (Å²) in [7, 11) is 5.29. The first-order chi connectivity index (χ1) is 15.2. The molecule has 1 aliphatic rings. The van der Waals surface area contributed by atoms with Crippen LogP contribution in [0.25, 0.3) is 22.1 Å². The molecule has 5 rings (SSSR count). The Morgan fingerprint density at radius 2 is 1.91 bits per heavy atom. The Kier molecular flexibility index (Phi) is 4.90. The number of aromatic nitrogens is 5. The van der Waals surface area contributed by atoms with Gasteiger partial charge in [-0.25, -0.2) is 4.79 Å². The van der Waals surface area contributed by atoms with Crippen LogP contribution in [-0.2, 0) is 27.7 Å². The fourth-order valence-corrected chi connectivity index (χ4v) is 4.86. The van der Waals surface area contributed by atoms with Crippen LogP contribution in [0.1, 0.15) is 25.0 Å². The van der Waals surface area contributed by atoms with Crippen LogP contribution in [0.5, 0.6) is 0 Å². The van der Waals surface area contributed by atoms with Crippen LogP contribution in [0.2, 0.25) is 5.02 Å². The molecule has 2 N–H and O–H groups in total. The number of nitrogens with one attached hydrogen (secondary N) is 1. The molecule has 0 radical (unpaired) electrons. The van der Waals surface area contributed by atoms with Crippen LogP contribution in [0.3, 0.4) is 0 Å². The van der Waals surface area contributed by atoms with E-state index in [4.69, 9.17) is 11.6 Å². The number of benzene rings is 1. The minimum atomic E-state index is -0.424. The summed E-state index contributed by atoms with van der Waals surface area (Å²) in [5.41, 5.74) is 1.67. The van der Waals surface area contributed by atoms with Gasteiger partial charge in [0.1, 0.15) is 0 Å². The van der Waals surface area contributed by atoms with Gasteiger partial charge in [0, 0.05) is 48.8 Å². The SMILES string of the molecule is Cn1c(Cn2c(=O)c3c(nc(N[C@H]4CC[C@@H](O)C4)n3C)n(C)c2=O)cc2cc(Cl)ccc21. The molecule has 4 aromatic rings. The lowest BCUT2D eigenvalue weighted by molar-refractivity contribution is 0.182. The van der Waals surface area contributed by atoms with Crippen molar-refractivity contribution in [2.24, 2.45) is 21.1 Å². The van der Waals surface area contributed by atoms with Crippen LogP contribution in [-0.4, -0.2) is 40.5 Å². The summed E-state index contributed by atoms with van der Waals surface area (Å²) >= 11 is 6.12. The molecule has 9 nitrogen and oxygen atoms in total. The van der Waals surface area contributed by atoms with Crippen molar-refractivity contribution >= 4 is 39.6 Å². The maximum absolute atomic E-state index is 13.4. The average Bonchev–Trinajstić information content (AvgIpc) is 3.40. The van der Waals surface area contributed by atoms with Crippen molar-refractivity contribution in [1.29, 1.82) is 0 Å². The molecule has 168 valence electrons. The normalized spacial score (nSPS) is 18.8. The first-order valence-electron chi connectivity index (χ1n) is 10.6. The van der Waals surface area contributed by atoms with Gasteiger partial charge in [0.15, 0.2) is 11.2 Å². The summed E-state index contributed by atoms with van der Waals surface area (Å²) in [6.45, 7) is 0.132. The molecule has 1 fully saturated rings. The summed E-state index contributed by atoms with van der Waals surface area (Å²) in [6.07, 6.45) is 1.89. The molecule has 10 heteroatoms. The number of fused-ring (bicyclic) bond motifs is 2. The minimum Gasteiger partial charge on any atom is -0.393 e. The Bertz CT molecular complexity index is 1480. The third-order valence-electron chi connectivity index (χ3n) is 6.52. The summed E-state index contributed by atoms with van der Waals surface area (Å²) in [6, 6.07) is 7.63. The van der Waals surface area contributed by atoms with Crippen molar-refractivity contribution in [3.63, 3.8) is 0 Å². The van der Waals surface area contributed by atoms with E-state index in [1.54, 1.807) is 18.7 Å². The van der Waals surface area contributed by atoms with E-state index < -0.39 is 5.69 Å². The number of halogens is 1. The highest BCUT2D eigenvalue weighted by Crippen LogP contribution is 2.25. The van der Waals surface area contributed by atoms with Gasteiger partial charge < -0.3 is 19.6 Å². The predicted octanol–water partition coefficient (Wildman–Crippen LogP) is 1.95. The van der Waals surface area contributed by atoms with Crippen molar-refractivity contribution in [3.8, 4) is 0 Å². The molecular formula is C22H25ClN6O3. The molecule has 2 atom stereocenters. The second kappa shape index (κ2) is 7.53. The number of aliphatic hydroxyl groups excluding tert-OH is 1. The topological polar surface area (TPSA) is 99.0 Å². The molecule has 3 heterocycles. The van der Waals surface area contributed by atoms with Gasteiger partial charge in [-0.05, 0) is 43.5 Å². The number of aryl methyl sites for hydroxylation is 3. The maximum Gasteiger partial charge on any atom is 0.332 e. The number of aliphatic hydroxyl groups is 1. The van der Waals surface area contributed by atoms with Gasteiger partial charge in [0.25, 0.3) is 5.56 Å². The third kappa shape index (κ3) is 3.23. The summed E-state index contributed by atoms with van der Waals surface area (Å²) in [5.74, 6) is 0.517. The highest BCUT2D eigenvalue weighted by Gasteiger charge is 2.25. The van der Waals surface area contributed by atoms with E-state index in [0.717, 1.165) is 29.4 Å². The standard InChI is InChI=1S/C22H25ClN6O3/c1-26-15(9-12-8-13(23)4-7-17(12)26)11-29-20(31)18-19(28(3)22(29)32)25-21(27(18)2)24-14-5-6-16(30)10-14/h4,7-9,14,16,30H,5-6,10-11H2,1-3H3,(H,24,25)/t14-,16+/m0/s1. The van der Waals surface area contributed by atoms with Gasteiger partial charge in [0.05, 0.1) is 12.6 Å². The molecule has 0 spiro atoms. The molecule has 1 aliphatic carbocycles. The number of anilines is 1. The number of imidazole rings is 1. The van der Waals surface area contributed by atoms with E-state index in [1.807, 2.05) is 35.9 Å². The van der Waals surface area contributed by atoms with Gasteiger partial charge in [0.2, 0.25) is 5.95 Å². The summed E-state index contributed by atoms with van der Waals surface area (Å²) in [5, 5.41) is 14.7. The fourth-order valence-electron chi connectivity index (χ4n) is 4.67. The van der Waals surface area contributed by atoms with Crippen LogP contribution >= 0.6 is 11.6 Å². The van der Waals surface area contributed by atoms with Crippen LogP contribution in [0.4, 0.5) is 5.95 Å². The molecule has 3 aromatic heterocycles. The van der Waals surface area contributed by atoms with Gasteiger partial charge in [-0.1, -0.05) is 11.6 Å². The van der Waals surface area contributed by atoms with Crippen molar-refractivity contribution in [2.75, 3.05) is 5.32 Å². The largest absolute Gasteiger partial charge is 0.393 e. The molecule has 0 saturated heterocycles. The molecule has 1 saturated carbocycles. The zero-order valence-electron chi connectivity index (χ0n) is 18.2. The Hall–Kier alpha value is -3.04. The van der Waals surface area contributed by atoms with Crippen LogP contribution in [0.15, 0.2) is 33.9 Å². The Balaban J connectivity index is 1.60. The molecular weight excluding hydrogens is 432 g/mol. The average molecular weight is 457 g/mol. The van der Waals surface area contributed by atoms with Gasteiger partial charge >= 0.3 is 5.69 Å². The van der Waals surface area contributed by atoms with Crippen LogP contribution in [0, 0.1) is 0 Å². The van der Waals surface area contributed by atoms with Crippen molar-refractivity contribution in [1.82, 2.24) is 23.3 Å². The number of nitrogens with zero attached hydrogens (tertiary/aromatic N) is 5. The monoisotopic (exact) mass is 456 g/mol. The number of hydrogen-bond acceptors (Lipinski definition) is 5. The molecule has 0 bridgehead atoms. The zero-order valence-corrected chi connectivity index (χ0v) is 18.9.